The van der Waals surface area contributed by atoms with Gasteiger partial charge in [-0.15, -0.1) is 12.4 Å². The number of nitrogens with zero attached hydrogens (tertiary/aromatic N) is 1. The second-order valence-corrected chi connectivity index (χ2v) is 5.99. The maximum atomic E-state index is 5.45. The third kappa shape index (κ3) is 3.18. The lowest BCUT2D eigenvalue weighted by Gasteiger charge is -2.13. The van der Waals surface area contributed by atoms with E-state index in [1.54, 1.807) is 14.2 Å². The molecule has 4 aromatic rings. The molecule has 0 aliphatic carbocycles. The van der Waals surface area contributed by atoms with Crippen LogP contribution in [0.3, 0.4) is 0 Å². The van der Waals surface area contributed by atoms with E-state index in [-0.39, 0.29) is 12.4 Å². The van der Waals surface area contributed by atoms with Gasteiger partial charge in [-0.05, 0) is 41.8 Å². The van der Waals surface area contributed by atoms with Crippen molar-refractivity contribution >= 4 is 34.2 Å². The molecule has 0 fully saturated rings. The number of benzene rings is 3. The Labute approximate surface area is 159 Å². The van der Waals surface area contributed by atoms with Crippen LogP contribution in [0.5, 0.6) is 11.5 Å². The zero-order valence-electron chi connectivity index (χ0n) is 14.7. The number of hydrogen-bond acceptors (Lipinski definition) is 3. The number of halogens is 1. The number of pyridine rings is 1. The molecule has 1 heterocycles. The quantitative estimate of drug-likeness (QED) is 0.452. The second-order valence-electron chi connectivity index (χ2n) is 5.99. The van der Waals surface area contributed by atoms with Crippen molar-refractivity contribution in [3.05, 3.63) is 77.9 Å². The zero-order valence-corrected chi connectivity index (χ0v) is 15.5. The Morgan fingerprint density at radius 1 is 0.731 bits per heavy atom. The first-order valence-electron chi connectivity index (χ1n) is 8.27. The highest BCUT2D eigenvalue weighted by molar-refractivity contribution is 5.97. The van der Waals surface area contributed by atoms with Gasteiger partial charge in [0.2, 0.25) is 0 Å². The Bertz CT molecular complexity index is 1010. The molecule has 0 saturated carbocycles. The molecule has 0 N–H and O–H groups in total. The van der Waals surface area contributed by atoms with E-state index >= 15 is 0 Å². The van der Waals surface area contributed by atoms with Crippen LogP contribution in [-0.2, 0) is 6.42 Å². The minimum absolute atomic E-state index is 0. The molecule has 3 aromatic carbocycles. The molecule has 0 aliphatic rings. The third-order valence-electron chi connectivity index (χ3n) is 4.53. The third-order valence-corrected chi connectivity index (χ3v) is 4.53. The molecule has 4 heteroatoms. The first-order valence-corrected chi connectivity index (χ1v) is 8.27. The zero-order chi connectivity index (χ0) is 17.2. The van der Waals surface area contributed by atoms with Gasteiger partial charge in [0.1, 0.15) is 0 Å². The SMILES string of the molecule is COc1ccc(Cc2c3ccccc3nc3ccccc23)cc1OC.Cl. The largest absolute Gasteiger partial charge is 0.493 e. The molecule has 1 aromatic heterocycles. The van der Waals surface area contributed by atoms with Crippen LogP contribution in [0, 0.1) is 0 Å². The normalized spacial score (nSPS) is 10.5. The number of rotatable bonds is 4. The standard InChI is InChI=1S/C22H19NO2.ClH/c1-24-21-12-11-15(14-22(21)25-2)13-18-16-7-3-5-9-19(16)23-20-10-6-4-8-17(18)20;/h3-12,14H,13H2,1-2H3;1H. The van der Waals surface area contributed by atoms with Crippen LogP contribution in [0.4, 0.5) is 0 Å². The average molecular weight is 366 g/mol. The lowest BCUT2D eigenvalue weighted by Crippen LogP contribution is -1.96. The molecule has 132 valence electrons. The Kier molecular flexibility index (Phi) is 5.29. The highest BCUT2D eigenvalue weighted by atomic mass is 35.5. The van der Waals surface area contributed by atoms with Gasteiger partial charge in [-0.3, -0.25) is 0 Å². The fourth-order valence-electron chi connectivity index (χ4n) is 3.31. The van der Waals surface area contributed by atoms with Gasteiger partial charge in [-0.2, -0.15) is 0 Å². The molecule has 26 heavy (non-hydrogen) atoms. The summed E-state index contributed by atoms with van der Waals surface area (Å²) in [4.78, 5) is 4.80. The molecule has 0 amide bonds. The highest BCUT2D eigenvalue weighted by Gasteiger charge is 2.11. The Hall–Kier alpha value is -2.78. The van der Waals surface area contributed by atoms with Crippen molar-refractivity contribution in [1.82, 2.24) is 4.98 Å². The molecular weight excluding hydrogens is 346 g/mol. The predicted octanol–water partition coefficient (Wildman–Crippen LogP) is 5.42. The number of fused-ring (bicyclic) bond motifs is 2. The molecule has 0 radical (unpaired) electrons. The monoisotopic (exact) mass is 365 g/mol. The van der Waals surface area contributed by atoms with Gasteiger partial charge >= 0.3 is 0 Å². The van der Waals surface area contributed by atoms with Crippen LogP contribution in [0.15, 0.2) is 66.7 Å². The van der Waals surface area contributed by atoms with Crippen molar-refractivity contribution in [2.75, 3.05) is 14.2 Å². The van der Waals surface area contributed by atoms with Crippen LogP contribution < -0.4 is 9.47 Å². The average Bonchev–Trinajstić information content (AvgIpc) is 2.67. The van der Waals surface area contributed by atoms with E-state index in [1.807, 2.05) is 24.3 Å². The van der Waals surface area contributed by atoms with E-state index in [0.717, 1.165) is 29.0 Å². The van der Waals surface area contributed by atoms with Crippen LogP contribution in [0.25, 0.3) is 21.8 Å². The maximum Gasteiger partial charge on any atom is 0.160 e. The van der Waals surface area contributed by atoms with Gasteiger partial charge in [0, 0.05) is 10.8 Å². The summed E-state index contributed by atoms with van der Waals surface area (Å²) in [6.07, 6.45) is 0.809. The number of ether oxygens (including phenoxy) is 2. The van der Waals surface area contributed by atoms with E-state index < -0.39 is 0 Å². The highest BCUT2D eigenvalue weighted by Crippen LogP contribution is 2.32. The molecule has 4 rings (SSSR count). The van der Waals surface area contributed by atoms with E-state index in [1.165, 1.54) is 21.9 Å². The smallest absolute Gasteiger partial charge is 0.160 e. The summed E-state index contributed by atoms with van der Waals surface area (Å²) in [7, 11) is 3.32. The summed E-state index contributed by atoms with van der Waals surface area (Å²) in [6, 6.07) is 22.7. The minimum Gasteiger partial charge on any atom is -0.493 e. The molecule has 0 bridgehead atoms. The first-order chi connectivity index (χ1) is 12.3. The molecule has 0 aliphatic heterocycles. The van der Waals surface area contributed by atoms with Crippen molar-refractivity contribution < 1.29 is 9.47 Å². The van der Waals surface area contributed by atoms with Gasteiger partial charge in [0.05, 0.1) is 25.3 Å². The van der Waals surface area contributed by atoms with Gasteiger partial charge < -0.3 is 9.47 Å². The van der Waals surface area contributed by atoms with Crippen molar-refractivity contribution in [3.8, 4) is 11.5 Å². The van der Waals surface area contributed by atoms with Crippen LogP contribution in [0.2, 0.25) is 0 Å². The molecule has 3 nitrogen and oxygen atoms in total. The predicted molar refractivity (Wildman–Crippen MR) is 109 cm³/mol. The van der Waals surface area contributed by atoms with Gasteiger partial charge in [-0.25, -0.2) is 4.98 Å². The van der Waals surface area contributed by atoms with E-state index in [4.69, 9.17) is 14.5 Å². The summed E-state index contributed by atoms with van der Waals surface area (Å²) < 4.78 is 10.8. The Morgan fingerprint density at radius 2 is 1.31 bits per heavy atom. The molecular formula is C22H20ClNO2. The Balaban J connectivity index is 0.00000196. The minimum atomic E-state index is 0. The van der Waals surface area contributed by atoms with Crippen LogP contribution in [0.1, 0.15) is 11.1 Å². The van der Waals surface area contributed by atoms with E-state index in [0.29, 0.717) is 0 Å². The van der Waals surface area contributed by atoms with Crippen molar-refractivity contribution in [1.29, 1.82) is 0 Å². The summed E-state index contributed by atoms with van der Waals surface area (Å²) in [5.74, 6) is 1.50. The summed E-state index contributed by atoms with van der Waals surface area (Å²) in [5.41, 5.74) is 4.51. The fourth-order valence-corrected chi connectivity index (χ4v) is 3.31. The summed E-state index contributed by atoms with van der Waals surface area (Å²) in [6.45, 7) is 0. The van der Waals surface area contributed by atoms with Crippen LogP contribution >= 0.6 is 12.4 Å². The van der Waals surface area contributed by atoms with Crippen LogP contribution in [-0.4, -0.2) is 19.2 Å². The molecule has 0 saturated heterocycles. The topological polar surface area (TPSA) is 31.4 Å². The number of methoxy groups -OCH3 is 2. The summed E-state index contributed by atoms with van der Waals surface area (Å²) in [5, 5.41) is 2.38. The lowest BCUT2D eigenvalue weighted by atomic mass is 9.96. The maximum absolute atomic E-state index is 5.45. The lowest BCUT2D eigenvalue weighted by molar-refractivity contribution is 0.354. The first kappa shape index (κ1) is 18.0. The Morgan fingerprint density at radius 3 is 1.88 bits per heavy atom. The number of aromatic nitrogens is 1. The summed E-state index contributed by atoms with van der Waals surface area (Å²) >= 11 is 0. The second kappa shape index (κ2) is 7.63. The van der Waals surface area contributed by atoms with E-state index in [2.05, 4.69) is 42.5 Å². The number of hydrogen-bond donors (Lipinski definition) is 0. The van der Waals surface area contributed by atoms with Gasteiger partial charge in [0.15, 0.2) is 11.5 Å². The van der Waals surface area contributed by atoms with Crippen molar-refractivity contribution in [3.63, 3.8) is 0 Å². The van der Waals surface area contributed by atoms with Gasteiger partial charge in [-0.1, -0.05) is 42.5 Å². The molecule has 0 unspecified atom stereocenters. The molecule has 0 atom stereocenters. The fraction of sp³-hybridized carbons (Fsp3) is 0.136. The van der Waals surface area contributed by atoms with Crippen molar-refractivity contribution in [2.45, 2.75) is 6.42 Å². The number of para-hydroxylation sites is 2. The van der Waals surface area contributed by atoms with E-state index in [9.17, 15) is 0 Å². The van der Waals surface area contributed by atoms with Gasteiger partial charge in [0.25, 0.3) is 0 Å². The molecule has 0 spiro atoms. The van der Waals surface area contributed by atoms with Crippen molar-refractivity contribution in [2.24, 2.45) is 0 Å².